The minimum Gasteiger partial charge on any atom is -0.480 e. The summed E-state index contributed by atoms with van der Waals surface area (Å²) in [5.74, 6) is -0.989. The van der Waals surface area contributed by atoms with E-state index < -0.39 is 30.0 Å². The third-order valence-electron chi connectivity index (χ3n) is 3.05. The van der Waals surface area contributed by atoms with Crippen LogP contribution < -0.4 is 11.1 Å². The third kappa shape index (κ3) is 4.30. The van der Waals surface area contributed by atoms with Crippen LogP contribution in [0, 0.1) is 0 Å². The standard InChI is InChI=1S/C11H19N3O4S/c1-19-6-4-7(10(16)17)13-11(18)14-5-2-3-8(14)9(12)15/h7-8H,2-6H2,1H3,(H2,12,15)(H,13,18)(H,16,17). The first-order valence-electron chi connectivity index (χ1n) is 6.05. The Kier molecular flexibility index (Phi) is 5.94. The summed E-state index contributed by atoms with van der Waals surface area (Å²) >= 11 is 1.51. The molecule has 1 aliphatic heterocycles. The number of carboxylic acid groups (broad SMARTS) is 1. The SMILES string of the molecule is CSCCC(NC(=O)N1CCCC1C(N)=O)C(=O)O. The maximum Gasteiger partial charge on any atom is 0.326 e. The third-order valence-corrected chi connectivity index (χ3v) is 3.69. The zero-order valence-corrected chi connectivity index (χ0v) is 11.6. The summed E-state index contributed by atoms with van der Waals surface area (Å²) in [6, 6.07) is -2.10. The number of hydrogen-bond acceptors (Lipinski definition) is 4. The molecule has 2 atom stereocenters. The highest BCUT2D eigenvalue weighted by atomic mass is 32.2. The molecule has 108 valence electrons. The Morgan fingerprint density at radius 2 is 2.21 bits per heavy atom. The number of carboxylic acids is 1. The van der Waals surface area contributed by atoms with Crippen LogP contribution in [0.1, 0.15) is 19.3 Å². The van der Waals surface area contributed by atoms with Crippen LogP contribution in [0.3, 0.4) is 0 Å². The first-order valence-corrected chi connectivity index (χ1v) is 7.45. The van der Waals surface area contributed by atoms with Crippen molar-refractivity contribution in [1.29, 1.82) is 0 Å². The van der Waals surface area contributed by atoms with Gasteiger partial charge in [-0.2, -0.15) is 11.8 Å². The molecule has 0 saturated carbocycles. The second kappa shape index (κ2) is 7.22. The molecule has 0 aromatic heterocycles. The largest absolute Gasteiger partial charge is 0.480 e. The van der Waals surface area contributed by atoms with Crippen LogP contribution in [-0.2, 0) is 9.59 Å². The van der Waals surface area contributed by atoms with Crippen molar-refractivity contribution in [3.8, 4) is 0 Å². The lowest BCUT2D eigenvalue weighted by molar-refractivity contribution is -0.139. The van der Waals surface area contributed by atoms with E-state index >= 15 is 0 Å². The molecule has 0 aliphatic carbocycles. The molecule has 4 N–H and O–H groups in total. The van der Waals surface area contributed by atoms with Crippen molar-refractivity contribution in [2.24, 2.45) is 5.73 Å². The van der Waals surface area contributed by atoms with E-state index in [2.05, 4.69) is 5.32 Å². The van der Waals surface area contributed by atoms with Crippen molar-refractivity contribution in [1.82, 2.24) is 10.2 Å². The molecule has 0 radical (unpaired) electrons. The van der Waals surface area contributed by atoms with Gasteiger partial charge < -0.3 is 21.1 Å². The number of nitrogens with two attached hydrogens (primary N) is 1. The number of likely N-dealkylation sites (tertiary alicyclic amines) is 1. The van der Waals surface area contributed by atoms with Gasteiger partial charge in [-0.05, 0) is 31.3 Å². The Bertz CT molecular complexity index is 364. The Morgan fingerprint density at radius 3 is 2.74 bits per heavy atom. The number of amides is 3. The van der Waals surface area contributed by atoms with Gasteiger partial charge in [0.1, 0.15) is 12.1 Å². The summed E-state index contributed by atoms with van der Waals surface area (Å²) in [6.07, 6.45) is 3.44. The van der Waals surface area contributed by atoms with Crippen LogP contribution in [0.15, 0.2) is 0 Å². The maximum atomic E-state index is 12.0. The molecule has 0 aromatic rings. The van der Waals surface area contributed by atoms with Gasteiger partial charge >= 0.3 is 12.0 Å². The van der Waals surface area contributed by atoms with Crippen LogP contribution in [-0.4, -0.2) is 58.6 Å². The Hall–Kier alpha value is -1.44. The van der Waals surface area contributed by atoms with Crippen molar-refractivity contribution in [2.75, 3.05) is 18.6 Å². The zero-order chi connectivity index (χ0) is 14.4. The summed E-state index contributed by atoms with van der Waals surface area (Å²) in [7, 11) is 0. The molecule has 0 aromatic carbocycles. The fourth-order valence-corrected chi connectivity index (χ4v) is 2.50. The molecule has 3 amide bonds. The summed E-state index contributed by atoms with van der Waals surface area (Å²) in [5.41, 5.74) is 5.22. The number of aliphatic carboxylic acids is 1. The summed E-state index contributed by atoms with van der Waals surface area (Å²) in [4.78, 5) is 35.5. The number of urea groups is 1. The average molecular weight is 289 g/mol. The Balaban J connectivity index is 2.60. The van der Waals surface area contributed by atoms with Crippen LogP contribution in [0.25, 0.3) is 0 Å². The van der Waals surface area contributed by atoms with E-state index in [0.717, 1.165) is 0 Å². The van der Waals surface area contributed by atoms with E-state index in [1.54, 1.807) is 0 Å². The molecule has 2 unspecified atom stereocenters. The van der Waals surface area contributed by atoms with E-state index in [0.29, 0.717) is 31.6 Å². The average Bonchev–Trinajstić information content (AvgIpc) is 2.83. The predicted molar refractivity (Wildman–Crippen MR) is 71.9 cm³/mol. The van der Waals surface area contributed by atoms with Gasteiger partial charge in [-0.15, -0.1) is 0 Å². The molecule has 0 spiro atoms. The normalized spacial score (nSPS) is 20.1. The van der Waals surface area contributed by atoms with Gasteiger partial charge in [0.15, 0.2) is 0 Å². The Morgan fingerprint density at radius 1 is 1.53 bits per heavy atom. The number of thioether (sulfide) groups is 1. The topological polar surface area (TPSA) is 113 Å². The fourth-order valence-electron chi connectivity index (χ4n) is 2.03. The Labute approximate surface area is 115 Å². The van der Waals surface area contributed by atoms with Crippen molar-refractivity contribution in [3.05, 3.63) is 0 Å². The molecule has 1 heterocycles. The number of rotatable bonds is 6. The molecule has 1 saturated heterocycles. The predicted octanol–water partition coefficient (Wildman–Crippen LogP) is -0.148. The number of hydrogen-bond donors (Lipinski definition) is 3. The first-order chi connectivity index (χ1) is 8.97. The lowest BCUT2D eigenvalue weighted by Crippen LogP contribution is -2.52. The van der Waals surface area contributed by atoms with Gasteiger partial charge in [-0.1, -0.05) is 0 Å². The van der Waals surface area contributed by atoms with Gasteiger partial charge in [0.05, 0.1) is 0 Å². The van der Waals surface area contributed by atoms with E-state index in [-0.39, 0.29) is 0 Å². The number of primary amides is 1. The quantitative estimate of drug-likeness (QED) is 0.629. The smallest absolute Gasteiger partial charge is 0.326 e. The molecule has 0 bridgehead atoms. The molecule has 19 heavy (non-hydrogen) atoms. The van der Waals surface area contributed by atoms with Gasteiger partial charge in [-0.25, -0.2) is 9.59 Å². The minimum absolute atomic E-state index is 0.345. The fraction of sp³-hybridized carbons (Fsp3) is 0.727. The number of nitrogens with zero attached hydrogens (tertiary/aromatic N) is 1. The summed E-state index contributed by atoms with van der Waals surface area (Å²) < 4.78 is 0. The van der Waals surface area contributed by atoms with Gasteiger partial charge in [-0.3, -0.25) is 4.79 Å². The van der Waals surface area contributed by atoms with Crippen molar-refractivity contribution >= 4 is 29.7 Å². The van der Waals surface area contributed by atoms with E-state index in [1.807, 2.05) is 6.26 Å². The second-order valence-corrected chi connectivity index (χ2v) is 5.36. The lowest BCUT2D eigenvalue weighted by Gasteiger charge is -2.24. The van der Waals surface area contributed by atoms with Crippen LogP contribution in [0.2, 0.25) is 0 Å². The monoisotopic (exact) mass is 289 g/mol. The van der Waals surface area contributed by atoms with Gasteiger partial charge in [0, 0.05) is 6.54 Å². The molecular weight excluding hydrogens is 270 g/mol. The number of carbonyl (C=O) groups excluding carboxylic acids is 2. The molecule has 1 fully saturated rings. The molecule has 1 aliphatic rings. The molecular formula is C11H19N3O4S. The van der Waals surface area contributed by atoms with Crippen LogP contribution >= 0.6 is 11.8 Å². The highest BCUT2D eigenvalue weighted by Crippen LogP contribution is 2.17. The minimum atomic E-state index is -1.07. The van der Waals surface area contributed by atoms with Crippen molar-refractivity contribution in [3.63, 3.8) is 0 Å². The second-order valence-electron chi connectivity index (χ2n) is 4.38. The molecule has 1 rings (SSSR count). The first kappa shape index (κ1) is 15.6. The number of carbonyl (C=O) groups is 3. The molecule has 7 nitrogen and oxygen atoms in total. The highest BCUT2D eigenvalue weighted by Gasteiger charge is 2.34. The zero-order valence-electron chi connectivity index (χ0n) is 10.8. The van der Waals surface area contributed by atoms with Crippen molar-refractivity contribution < 1.29 is 19.5 Å². The highest BCUT2D eigenvalue weighted by molar-refractivity contribution is 7.98. The van der Waals surface area contributed by atoms with Crippen LogP contribution in [0.4, 0.5) is 4.79 Å². The summed E-state index contributed by atoms with van der Waals surface area (Å²) in [5, 5.41) is 11.5. The number of nitrogens with one attached hydrogen (secondary N) is 1. The van der Waals surface area contributed by atoms with Crippen molar-refractivity contribution in [2.45, 2.75) is 31.3 Å². The van der Waals surface area contributed by atoms with Crippen LogP contribution in [0.5, 0.6) is 0 Å². The summed E-state index contributed by atoms with van der Waals surface area (Å²) in [6.45, 7) is 0.425. The molecule has 8 heteroatoms. The lowest BCUT2D eigenvalue weighted by atomic mass is 10.2. The van der Waals surface area contributed by atoms with E-state index in [1.165, 1.54) is 16.7 Å². The van der Waals surface area contributed by atoms with Gasteiger partial charge in [0.25, 0.3) is 0 Å². The van der Waals surface area contributed by atoms with E-state index in [9.17, 15) is 14.4 Å². The maximum absolute atomic E-state index is 12.0. The van der Waals surface area contributed by atoms with E-state index in [4.69, 9.17) is 10.8 Å². The van der Waals surface area contributed by atoms with Gasteiger partial charge in [0.2, 0.25) is 5.91 Å².